The minimum Gasteiger partial charge on any atom is -1.00 e. The fourth-order valence-electron chi connectivity index (χ4n) is 1.03. The topological polar surface area (TPSA) is 0 Å². The molecular formula is C14H21Cl2HfSi. The van der Waals surface area contributed by atoms with Crippen LogP contribution in [0.15, 0.2) is 35.5 Å². The van der Waals surface area contributed by atoms with Crippen molar-refractivity contribution in [2.75, 3.05) is 0 Å². The quantitative estimate of drug-likeness (QED) is 0.284. The second-order valence-electron chi connectivity index (χ2n) is 3.51. The second-order valence-corrected chi connectivity index (χ2v) is 4.66. The fourth-order valence-corrected chi connectivity index (χ4v) is 1.03. The van der Waals surface area contributed by atoms with Crippen LogP contribution in [0.4, 0.5) is 0 Å². The first-order valence-electron chi connectivity index (χ1n) is 5.42. The van der Waals surface area contributed by atoms with Crippen molar-refractivity contribution in [2.45, 2.75) is 39.8 Å². The normalized spacial score (nSPS) is 13.3. The number of rotatable bonds is 0. The summed E-state index contributed by atoms with van der Waals surface area (Å²) in [6, 6.07) is 0. The van der Waals surface area contributed by atoms with Gasteiger partial charge in [0.05, 0.1) is 0 Å². The molecule has 0 bridgehead atoms. The summed E-state index contributed by atoms with van der Waals surface area (Å²) in [5.74, 6) is 0. The van der Waals surface area contributed by atoms with E-state index in [1.54, 1.807) is 0 Å². The maximum atomic E-state index is 3.12. The van der Waals surface area contributed by atoms with Gasteiger partial charge in [-0.25, -0.2) is 23.3 Å². The molecule has 0 saturated heterocycles. The van der Waals surface area contributed by atoms with Gasteiger partial charge in [-0.1, -0.05) is 26.9 Å². The first-order chi connectivity index (χ1) is 7.20. The third-order valence-corrected chi connectivity index (χ3v) is 1.73. The van der Waals surface area contributed by atoms with E-state index in [0.29, 0.717) is 0 Å². The van der Waals surface area contributed by atoms with Crippen LogP contribution in [-0.2, 0) is 25.8 Å². The van der Waals surface area contributed by atoms with Gasteiger partial charge >= 0.3 is 25.8 Å². The molecule has 0 spiro atoms. The molecule has 0 aliphatic heterocycles. The van der Waals surface area contributed by atoms with Crippen molar-refractivity contribution in [3.8, 4) is 0 Å². The molecule has 18 heavy (non-hydrogen) atoms. The summed E-state index contributed by atoms with van der Waals surface area (Å²) in [6.07, 6.45) is 16.7. The van der Waals surface area contributed by atoms with Gasteiger partial charge in [0.25, 0.3) is 0 Å². The Kier molecular flexibility index (Phi) is 30.0. The molecule has 2 aliphatic rings. The molecule has 0 atom stereocenters. The molecule has 1 radical (unpaired) electrons. The predicted molar refractivity (Wildman–Crippen MR) is 71.3 cm³/mol. The molecule has 0 aromatic rings. The van der Waals surface area contributed by atoms with Crippen LogP contribution in [0.2, 0.25) is 13.1 Å². The van der Waals surface area contributed by atoms with E-state index in [-0.39, 0.29) is 50.7 Å². The van der Waals surface area contributed by atoms with E-state index in [0.717, 1.165) is 22.4 Å². The second kappa shape index (κ2) is 20.0. The van der Waals surface area contributed by atoms with Crippen LogP contribution in [0, 0.1) is 12.2 Å². The van der Waals surface area contributed by atoms with E-state index in [1.807, 2.05) is 0 Å². The molecule has 0 fully saturated rings. The average molecular weight is 467 g/mol. The third-order valence-electron chi connectivity index (χ3n) is 1.73. The largest absolute Gasteiger partial charge is 4.00 e. The van der Waals surface area contributed by atoms with Crippen molar-refractivity contribution in [2.24, 2.45) is 0 Å². The summed E-state index contributed by atoms with van der Waals surface area (Å²) in [7, 11) is 0.750. The van der Waals surface area contributed by atoms with E-state index >= 15 is 0 Å². The number of halogens is 2. The Hall–Kier alpha value is 0.627. The Morgan fingerprint density at radius 2 is 1.17 bits per heavy atom. The maximum Gasteiger partial charge on any atom is 4.00 e. The molecule has 99 valence electrons. The Morgan fingerprint density at radius 1 is 0.889 bits per heavy atom. The Balaban J connectivity index is -0.0000000793. The zero-order chi connectivity index (χ0) is 11.5. The fraction of sp³-hybridized carbons (Fsp3) is 0.429. The standard InChI is InChI=1S/2C6H7.C2H7Si.2ClH.Hf/c2*1-6-4-2-3-5-6;1-3-2;;;/h2*2,4H,3H2,1H3;3H,1-2H3;2*1H;/q2*-1;;;;+4/p-2. The van der Waals surface area contributed by atoms with Crippen molar-refractivity contribution in [1.29, 1.82) is 0 Å². The van der Waals surface area contributed by atoms with Gasteiger partial charge in [-0.15, -0.1) is 12.8 Å². The smallest absolute Gasteiger partial charge is 1.00 e. The van der Waals surface area contributed by atoms with Crippen LogP contribution in [0.5, 0.6) is 0 Å². The van der Waals surface area contributed by atoms with Crippen molar-refractivity contribution in [3.63, 3.8) is 0 Å². The SMILES string of the molecule is CC1=[C-]CC=C1.CC1=[C-]CC=C1.C[SiH]C.[Cl-].[Cl-].[Hf+4]. The van der Waals surface area contributed by atoms with E-state index in [1.165, 1.54) is 11.1 Å². The molecule has 2 rings (SSSR count). The number of allylic oxidation sites excluding steroid dienone is 8. The van der Waals surface area contributed by atoms with Gasteiger partial charge in [0.2, 0.25) is 0 Å². The predicted octanol–water partition coefficient (Wildman–Crippen LogP) is -2.08. The van der Waals surface area contributed by atoms with Crippen LogP contribution < -0.4 is 24.8 Å². The molecular weight excluding hydrogens is 446 g/mol. The van der Waals surface area contributed by atoms with E-state index in [4.69, 9.17) is 0 Å². The zero-order valence-corrected chi connectivity index (χ0v) is 17.8. The van der Waals surface area contributed by atoms with Gasteiger partial charge in [0, 0.05) is 9.52 Å². The van der Waals surface area contributed by atoms with Crippen molar-refractivity contribution in [3.05, 3.63) is 47.6 Å². The average Bonchev–Trinajstić information content (AvgIpc) is 2.81. The molecule has 0 aromatic heterocycles. The van der Waals surface area contributed by atoms with Gasteiger partial charge in [-0.05, 0) is 0 Å². The van der Waals surface area contributed by atoms with Gasteiger partial charge in [0.1, 0.15) is 0 Å². The molecule has 0 heterocycles. The van der Waals surface area contributed by atoms with Crippen molar-refractivity contribution in [1.82, 2.24) is 0 Å². The number of hydrogen-bond donors (Lipinski definition) is 0. The third kappa shape index (κ3) is 19.0. The first kappa shape index (κ1) is 27.1. The molecule has 0 amide bonds. The minimum absolute atomic E-state index is 0. The summed E-state index contributed by atoms with van der Waals surface area (Å²) in [5.41, 5.74) is 2.55. The van der Waals surface area contributed by atoms with Crippen molar-refractivity contribution < 1.29 is 50.7 Å². The van der Waals surface area contributed by atoms with E-state index < -0.39 is 0 Å². The maximum absolute atomic E-state index is 3.12. The zero-order valence-electron chi connectivity index (χ0n) is 11.6. The van der Waals surface area contributed by atoms with Crippen LogP contribution in [0.25, 0.3) is 0 Å². The summed E-state index contributed by atoms with van der Waals surface area (Å²) < 4.78 is 0. The molecule has 4 heteroatoms. The summed E-state index contributed by atoms with van der Waals surface area (Å²) in [5, 5.41) is 0. The molecule has 0 saturated carbocycles. The summed E-state index contributed by atoms with van der Waals surface area (Å²) in [4.78, 5) is 0. The molecule has 0 nitrogen and oxygen atoms in total. The van der Waals surface area contributed by atoms with E-state index in [2.05, 4.69) is 63.4 Å². The summed E-state index contributed by atoms with van der Waals surface area (Å²) >= 11 is 0. The molecule has 0 N–H and O–H groups in total. The Morgan fingerprint density at radius 3 is 1.22 bits per heavy atom. The molecule has 0 aromatic carbocycles. The molecule has 0 unspecified atom stereocenters. The first-order valence-corrected chi connectivity index (χ1v) is 7.73. The van der Waals surface area contributed by atoms with Gasteiger partial charge in [-0.2, -0.15) is 12.2 Å². The Bertz CT molecular complexity index is 248. The van der Waals surface area contributed by atoms with Crippen LogP contribution >= 0.6 is 0 Å². The molecule has 2 aliphatic carbocycles. The minimum atomic E-state index is 0. The van der Waals surface area contributed by atoms with Crippen LogP contribution in [0.3, 0.4) is 0 Å². The van der Waals surface area contributed by atoms with Crippen LogP contribution in [0.1, 0.15) is 26.7 Å². The number of hydrogen-bond acceptors (Lipinski definition) is 0. The van der Waals surface area contributed by atoms with Gasteiger partial charge in [-0.3, -0.25) is 12.2 Å². The van der Waals surface area contributed by atoms with Crippen LogP contribution in [-0.4, -0.2) is 9.52 Å². The Labute approximate surface area is 147 Å². The van der Waals surface area contributed by atoms with E-state index in [9.17, 15) is 0 Å². The van der Waals surface area contributed by atoms with Gasteiger partial charge < -0.3 is 24.8 Å². The van der Waals surface area contributed by atoms with Crippen molar-refractivity contribution >= 4 is 9.52 Å². The monoisotopic (exact) mass is 467 g/mol. The van der Waals surface area contributed by atoms with Gasteiger partial charge in [0.15, 0.2) is 0 Å². The summed E-state index contributed by atoms with van der Waals surface area (Å²) in [6.45, 7) is 8.53.